The van der Waals surface area contributed by atoms with E-state index in [1.165, 1.54) is 18.2 Å². The molecule has 6 nitrogen and oxygen atoms in total. The summed E-state index contributed by atoms with van der Waals surface area (Å²) in [5.74, 6) is -1.91. The molecule has 3 aromatic rings. The first kappa shape index (κ1) is 17.9. The van der Waals surface area contributed by atoms with Crippen LogP contribution in [0.1, 0.15) is 31.1 Å². The van der Waals surface area contributed by atoms with Crippen molar-refractivity contribution in [2.75, 3.05) is 10.6 Å². The van der Waals surface area contributed by atoms with Crippen molar-refractivity contribution in [1.29, 1.82) is 0 Å². The third-order valence-electron chi connectivity index (χ3n) is 3.83. The van der Waals surface area contributed by atoms with Crippen LogP contribution in [0.25, 0.3) is 0 Å². The van der Waals surface area contributed by atoms with Gasteiger partial charge >= 0.3 is 5.97 Å². The number of carbonyl (C=O) groups is 3. The Morgan fingerprint density at radius 1 is 0.593 bits per heavy atom. The van der Waals surface area contributed by atoms with Crippen molar-refractivity contribution in [2.45, 2.75) is 0 Å². The maximum Gasteiger partial charge on any atom is 0.335 e. The number of nitrogens with one attached hydrogen (secondary N) is 2. The fourth-order valence-electron chi connectivity index (χ4n) is 2.46. The van der Waals surface area contributed by atoms with Crippen molar-refractivity contribution in [1.82, 2.24) is 0 Å². The summed E-state index contributed by atoms with van der Waals surface area (Å²) in [7, 11) is 0. The zero-order valence-corrected chi connectivity index (χ0v) is 14.2. The lowest BCUT2D eigenvalue weighted by atomic mass is 10.1. The van der Waals surface area contributed by atoms with Gasteiger partial charge in [0, 0.05) is 11.1 Å². The van der Waals surface area contributed by atoms with E-state index in [9.17, 15) is 19.5 Å². The Balaban J connectivity index is 1.90. The van der Waals surface area contributed by atoms with Gasteiger partial charge in [-0.2, -0.15) is 0 Å². The predicted molar refractivity (Wildman–Crippen MR) is 102 cm³/mol. The molecule has 0 aliphatic heterocycles. The molecule has 0 heterocycles. The highest BCUT2D eigenvalue weighted by Crippen LogP contribution is 2.25. The van der Waals surface area contributed by atoms with Crippen LogP contribution in [0.3, 0.4) is 0 Å². The van der Waals surface area contributed by atoms with E-state index in [0.717, 1.165) is 0 Å². The maximum absolute atomic E-state index is 12.4. The number of rotatable bonds is 5. The number of hydrogen-bond donors (Lipinski definition) is 3. The summed E-state index contributed by atoms with van der Waals surface area (Å²) in [5, 5.41) is 14.6. The van der Waals surface area contributed by atoms with Gasteiger partial charge in [0.05, 0.1) is 16.9 Å². The highest BCUT2D eigenvalue weighted by Gasteiger charge is 2.15. The minimum Gasteiger partial charge on any atom is -0.478 e. The van der Waals surface area contributed by atoms with Crippen LogP contribution in [0, 0.1) is 0 Å². The normalized spacial score (nSPS) is 10.1. The van der Waals surface area contributed by atoms with Crippen molar-refractivity contribution < 1.29 is 19.5 Å². The topological polar surface area (TPSA) is 95.5 Å². The molecule has 0 radical (unpaired) electrons. The van der Waals surface area contributed by atoms with E-state index >= 15 is 0 Å². The lowest BCUT2D eigenvalue weighted by molar-refractivity contribution is 0.0696. The standard InChI is InChI=1S/C21H16N2O4/c24-19(14-7-3-1-4-8-14)22-17-12-11-16(21(26)27)13-18(17)23-20(25)15-9-5-2-6-10-15/h1-13H,(H,22,24)(H,23,25)(H,26,27). The predicted octanol–water partition coefficient (Wildman–Crippen LogP) is 3.89. The van der Waals surface area contributed by atoms with Crippen molar-refractivity contribution >= 4 is 29.2 Å². The van der Waals surface area contributed by atoms with Gasteiger partial charge < -0.3 is 15.7 Å². The summed E-state index contributed by atoms with van der Waals surface area (Å²) < 4.78 is 0. The SMILES string of the molecule is O=C(O)c1ccc(NC(=O)c2ccccc2)c(NC(=O)c2ccccc2)c1. The number of benzene rings is 3. The van der Waals surface area contributed by atoms with Crippen LogP contribution in [0.2, 0.25) is 0 Å². The molecule has 27 heavy (non-hydrogen) atoms. The third-order valence-corrected chi connectivity index (χ3v) is 3.83. The van der Waals surface area contributed by atoms with Gasteiger partial charge in [-0.1, -0.05) is 36.4 Å². The molecule has 0 bridgehead atoms. The van der Waals surface area contributed by atoms with Crippen molar-refractivity contribution in [3.05, 3.63) is 95.6 Å². The molecule has 3 N–H and O–H groups in total. The first-order valence-electron chi connectivity index (χ1n) is 8.15. The van der Waals surface area contributed by atoms with Gasteiger partial charge in [0.2, 0.25) is 0 Å². The number of anilines is 2. The Kier molecular flexibility index (Phi) is 5.28. The van der Waals surface area contributed by atoms with Crippen LogP contribution in [-0.2, 0) is 0 Å². The monoisotopic (exact) mass is 360 g/mol. The summed E-state index contributed by atoms with van der Waals surface area (Å²) in [5.41, 5.74) is 1.36. The van der Waals surface area contributed by atoms with Crippen LogP contribution in [0.15, 0.2) is 78.9 Å². The Bertz CT molecular complexity index is 986. The number of amides is 2. The molecular weight excluding hydrogens is 344 g/mol. The number of carbonyl (C=O) groups excluding carboxylic acids is 2. The van der Waals surface area contributed by atoms with Crippen molar-refractivity contribution in [2.24, 2.45) is 0 Å². The van der Waals surface area contributed by atoms with E-state index in [1.807, 2.05) is 0 Å². The fourth-order valence-corrected chi connectivity index (χ4v) is 2.46. The van der Waals surface area contributed by atoms with E-state index in [1.54, 1.807) is 60.7 Å². The number of aromatic carboxylic acids is 1. The lowest BCUT2D eigenvalue weighted by Gasteiger charge is -2.13. The molecule has 0 fully saturated rings. The molecule has 3 aromatic carbocycles. The Hall–Kier alpha value is -3.93. The van der Waals surface area contributed by atoms with Gasteiger partial charge in [-0.25, -0.2) is 4.79 Å². The maximum atomic E-state index is 12.4. The molecule has 0 unspecified atom stereocenters. The van der Waals surface area contributed by atoms with Gasteiger partial charge in [-0.15, -0.1) is 0 Å². The summed E-state index contributed by atoms with van der Waals surface area (Å²) >= 11 is 0. The molecule has 0 aromatic heterocycles. The molecule has 3 rings (SSSR count). The molecule has 0 saturated carbocycles. The Labute approximate surface area is 155 Å². The molecule has 0 aliphatic rings. The number of carboxylic acids is 1. The molecular formula is C21H16N2O4. The second-order valence-corrected chi connectivity index (χ2v) is 5.71. The Morgan fingerprint density at radius 3 is 1.56 bits per heavy atom. The van der Waals surface area contributed by atoms with Gasteiger partial charge in [0.15, 0.2) is 0 Å². The molecule has 0 spiro atoms. The highest BCUT2D eigenvalue weighted by molar-refractivity contribution is 6.10. The van der Waals surface area contributed by atoms with Crippen LogP contribution in [-0.4, -0.2) is 22.9 Å². The van der Waals surface area contributed by atoms with Crippen molar-refractivity contribution in [3.63, 3.8) is 0 Å². The summed E-state index contributed by atoms with van der Waals surface area (Å²) in [4.78, 5) is 36.1. The number of hydrogen-bond acceptors (Lipinski definition) is 3. The van der Waals surface area contributed by atoms with E-state index in [-0.39, 0.29) is 17.2 Å². The lowest BCUT2D eigenvalue weighted by Crippen LogP contribution is -2.17. The molecule has 0 saturated heterocycles. The summed E-state index contributed by atoms with van der Waals surface area (Å²) in [6.07, 6.45) is 0. The highest BCUT2D eigenvalue weighted by atomic mass is 16.4. The second-order valence-electron chi connectivity index (χ2n) is 5.71. The van der Waals surface area contributed by atoms with E-state index in [0.29, 0.717) is 16.8 Å². The molecule has 2 amide bonds. The van der Waals surface area contributed by atoms with Crippen LogP contribution in [0.5, 0.6) is 0 Å². The zero-order chi connectivity index (χ0) is 19.2. The van der Waals surface area contributed by atoms with Gasteiger partial charge in [0.25, 0.3) is 11.8 Å². The average Bonchev–Trinajstić information content (AvgIpc) is 2.70. The first-order chi connectivity index (χ1) is 13.0. The minimum absolute atomic E-state index is 0.00364. The fraction of sp³-hybridized carbons (Fsp3) is 0. The van der Waals surface area contributed by atoms with E-state index < -0.39 is 11.9 Å². The summed E-state index contributed by atoms with van der Waals surface area (Å²) in [6.45, 7) is 0. The van der Waals surface area contributed by atoms with E-state index in [4.69, 9.17) is 0 Å². The molecule has 0 aliphatic carbocycles. The van der Waals surface area contributed by atoms with Crippen LogP contribution >= 0.6 is 0 Å². The second kappa shape index (κ2) is 7.97. The minimum atomic E-state index is -1.13. The van der Waals surface area contributed by atoms with E-state index in [2.05, 4.69) is 10.6 Å². The largest absolute Gasteiger partial charge is 0.478 e. The molecule has 134 valence electrons. The van der Waals surface area contributed by atoms with Crippen LogP contribution in [0.4, 0.5) is 11.4 Å². The Morgan fingerprint density at radius 2 is 1.07 bits per heavy atom. The van der Waals surface area contributed by atoms with Gasteiger partial charge in [-0.3, -0.25) is 9.59 Å². The zero-order valence-electron chi connectivity index (χ0n) is 14.2. The van der Waals surface area contributed by atoms with Crippen LogP contribution < -0.4 is 10.6 Å². The quantitative estimate of drug-likeness (QED) is 0.643. The third kappa shape index (κ3) is 4.38. The van der Waals surface area contributed by atoms with Gasteiger partial charge in [0.1, 0.15) is 0 Å². The molecule has 0 atom stereocenters. The number of carboxylic acid groups (broad SMARTS) is 1. The smallest absolute Gasteiger partial charge is 0.335 e. The first-order valence-corrected chi connectivity index (χ1v) is 8.15. The van der Waals surface area contributed by atoms with Crippen molar-refractivity contribution in [3.8, 4) is 0 Å². The van der Waals surface area contributed by atoms with Gasteiger partial charge in [-0.05, 0) is 42.5 Å². The average molecular weight is 360 g/mol. The molecule has 6 heteroatoms. The summed E-state index contributed by atoms with van der Waals surface area (Å²) in [6, 6.07) is 21.2.